The molecule has 0 radical (unpaired) electrons. The van der Waals surface area contributed by atoms with Crippen molar-refractivity contribution in [3.63, 3.8) is 0 Å². The summed E-state index contributed by atoms with van der Waals surface area (Å²) in [5.74, 6) is -1.16. The first kappa shape index (κ1) is 30.8. The number of benzene rings is 4. The van der Waals surface area contributed by atoms with Crippen LogP contribution in [0.15, 0.2) is 75.8 Å². The number of ether oxygens (including phenoxy) is 1. The molecule has 0 aliphatic rings. The van der Waals surface area contributed by atoms with E-state index in [-0.39, 0.29) is 68.5 Å². The number of hydrogen-bond donors (Lipinski definition) is 2. The molecule has 0 saturated heterocycles. The van der Waals surface area contributed by atoms with Crippen LogP contribution in [0.3, 0.4) is 0 Å². The van der Waals surface area contributed by atoms with E-state index in [2.05, 4.69) is 15.5 Å². The number of anilines is 1. The molecule has 0 aliphatic carbocycles. The molecule has 0 spiro atoms. The predicted octanol–water partition coefficient (Wildman–Crippen LogP) is 3.85. The summed E-state index contributed by atoms with van der Waals surface area (Å²) in [4.78, 5) is 12.8. The molecule has 4 aromatic rings. The smallest absolute Gasteiger partial charge is 0.870 e. The zero-order chi connectivity index (χ0) is 27.6. The van der Waals surface area contributed by atoms with Gasteiger partial charge in [0.1, 0.15) is 4.90 Å². The summed E-state index contributed by atoms with van der Waals surface area (Å²) in [5, 5.41) is 25.5. The first-order valence-corrected chi connectivity index (χ1v) is 13.4. The van der Waals surface area contributed by atoms with Crippen LogP contribution in [0.1, 0.15) is 22.8 Å². The summed E-state index contributed by atoms with van der Waals surface area (Å²) in [6, 6.07) is 15.5. The maximum Gasteiger partial charge on any atom is 1.00 e. The van der Waals surface area contributed by atoms with Gasteiger partial charge in [-0.3, -0.25) is 9.35 Å². The number of carbonyl (C=O) groups excluding carboxylic acids is 1. The Bertz CT molecular complexity index is 1710. The zero-order valence-electron chi connectivity index (χ0n) is 21.0. The zero-order valence-corrected chi connectivity index (χ0v) is 25.4. The van der Waals surface area contributed by atoms with Gasteiger partial charge in [-0.25, -0.2) is 0 Å². The Morgan fingerprint density at radius 2 is 1.79 bits per heavy atom. The van der Waals surface area contributed by atoms with E-state index in [1.165, 1.54) is 19.1 Å². The normalized spacial score (nSPS) is 11.4. The quantitative estimate of drug-likeness (QED) is 0.189. The van der Waals surface area contributed by atoms with Crippen LogP contribution in [-0.4, -0.2) is 25.5 Å². The number of para-hydroxylation sites is 1. The van der Waals surface area contributed by atoms with Crippen molar-refractivity contribution in [2.45, 2.75) is 18.7 Å². The van der Waals surface area contributed by atoms with E-state index in [1.54, 1.807) is 49.4 Å². The van der Waals surface area contributed by atoms with Gasteiger partial charge < -0.3 is 15.2 Å². The number of nitrogens with zero attached hydrogens (tertiary/aromatic N) is 2. The van der Waals surface area contributed by atoms with Gasteiger partial charge in [0.05, 0.1) is 28.7 Å². The minimum absolute atomic E-state index is 0. The minimum Gasteiger partial charge on any atom is -0.870 e. The minimum atomic E-state index is -4.58. The Kier molecular flexibility index (Phi) is 10.0. The van der Waals surface area contributed by atoms with Crippen LogP contribution < -0.4 is 44.7 Å². The fourth-order valence-electron chi connectivity index (χ4n) is 3.78. The Morgan fingerprint density at radius 1 is 1.08 bits per heavy atom. The molecule has 9 nitrogen and oxygen atoms in total. The summed E-state index contributed by atoms with van der Waals surface area (Å²) in [6.45, 7) is 3.49. The van der Waals surface area contributed by atoms with E-state index < -0.39 is 26.7 Å². The Hall–Kier alpha value is -2.70. The van der Waals surface area contributed by atoms with Crippen LogP contribution >= 0.6 is 23.2 Å². The van der Waals surface area contributed by atoms with E-state index in [0.717, 1.165) is 6.07 Å². The Balaban J connectivity index is 0.00000420. The van der Waals surface area contributed by atoms with Gasteiger partial charge in [0.2, 0.25) is 0 Å². The molecule has 4 rings (SSSR count). The molecule has 0 aromatic heterocycles. The molecule has 0 atom stereocenters. The molecule has 1 amide bonds. The number of azo groups is 1. The average molecular weight is 596 g/mol. The molecule has 0 unspecified atom stereocenters. The second-order valence-corrected chi connectivity index (χ2v) is 10.3. The second kappa shape index (κ2) is 12.6. The summed E-state index contributed by atoms with van der Waals surface area (Å²) in [6.07, 6.45) is 0. The van der Waals surface area contributed by atoms with E-state index in [9.17, 15) is 22.9 Å². The van der Waals surface area contributed by atoms with Crippen molar-refractivity contribution in [3.8, 4) is 11.5 Å². The van der Waals surface area contributed by atoms with Crippen molar-refractivity contribution in [1.82, 2.24) is 0 Å². The number of hydrogen-bond acceptors (Lipinski definition) is 7. The van der Waals surface area contributed by atoms with Gasteiger partial charge in [-0.1, -0.05) is 59.3 Å². The molecular weight excluding hydrogens is 576 g/mol. The number of nitrogens with one attached hydrogen (secondary N) is 1. The monoisotopic (exact) mass is 595 g/mol. The van der Waals surface area contributed by atoms with Crippen LogP contribution in [0, 0.1) is 6.92 Å². The van der Waals surface area contributed by atoms with Crippen LogP contribution in [0.2, 0.25) is 10.0 Å². The molecule has 2 N–H and O–H groups in total. The third-order valence-electron chi connectivity index (χ3n) is 5.56. The summed E-state index contributed by atoms with van der Waals surface area (Å²) in [7, 11) is -4.58. The van der Waals surface area contributed by atoms with Crippen molar-refractivity contribution >= 4 is 67.1 Å². The number of halogens is 2. The van der Waals surface area contributed by atoms with E-state index in [4.69, 9.17) is 27.9 Å². The van der Waals surface area contributed by atoms with Gasteiger partial charge >= 0.3 is 29.6 Å². The standard InChI is InChI=1S/C26H21Cl2N3O6S.Na/c1-3-37-25-19(28)9-6-10-20(25)29-26(33)18-11-15-7-4-5-8-17(15)23(24(18)32)31-30-21-12-16(27)13-22(14(21)2)38(34,35)36;/h4-13,32H,3H2,1-2H3,(H,29,33)(H,34,35,36);/q;+1/p-1. The van der Waals surface area contributed by atoms with Gasteiger partial charge in [-0.2, -0.15) is 18.6 Å². The van der Waals surface area contributed by atoms with E-state index >= 15 is 0 Å². The second-order valence-electron chi connectivity index (χ2n) is 8.05. The number of rotatable bonds is 7. The van der Waals surface area contributed by atoms with E-state index in [1.807, 2.05) is 0 Å². The van der Waals surface area contributed by atoms with Crippen molar-refractivity contribution < 1.29 is 57.2 Å². The third-order valence-corrected chi connectivity index (χ3v) is 7.05. The maximum atomic E-state index is 13.5. The summed E-state index contributed by atoms with van der Waals surface area (Å²) >= 11 is 12.2. The number of amides is 1. The average Bonchev–Trinajstić information content (AvgIpc) is 2.86. The molecule has 13 heteroatoms. The van der Waals surface area contributed by atoms with Crippen molar-refractivity contribution in [1.29, 1.82) is 0 Å². The largest absolute Gasteiger partial charge is 1.00 e. The fourth-order valence-corrected chi connectivity index (χ4v) is 5.05. The molecule has 4 aromatic carbocycles. The molecular formula is C26H20Cl2N3NaO6S. The van der Waals surface area contributed by atoms with Gasteiger partial charge in [0, 0.05) is 16.0 Å². The molecule has 39 heavy (non-hydrogen) atoms. The summed E-state index contributed by atoms with van der Waals surface area (Å²) in [5.41, 5.74) is 0.0329. The molecule has 0 heterocycles. The Morgan fingerprint density at radius 3 is 2.49 bits per heavy atom. The van der Waals surface area contributed by atoms with Gasteiger partial charge in [0.25, 0.3) is 16.0 Å². The third kappa shape index (κ3) is 6.72. The van der Waals surface area contributed by atoms with Crippen molar-refractivity contribution in [2.24, 2.45) is 10.2 Å². The van der Waals surface area contributed by atoms with Crippen LogP contribution in [0.5, 0.6) is 11.5 Å². The molecule has 0 aliphatic heterocycles. The first-order chi connectivity index (χ1) is 18.0. The van der Waals surface area contributed by atoms with Gasteiger partial charge in [0.15, 0.2) is 5.75 Å². The van der Waals surface area contributed by atoms with Gasteiger partial charge in [-0.15, -0.1) is 0 Å². The first-order valence-electron chi connectivity index (χ1n) is 11.2. The topological polar surface area (TPSA) is 140 Å². The van der Waals surface area contributed by atoms with E-state index in [0.29, 0.717) is 22.4 Å². The molecule has 0 fully saturated rings. The van der Waals surface area contributed by atoms with Crippen LogP contribution in [0.25, 0.3) is 10.8 Å². The van der Waals surface area contributed by atoms with Crippen LogP contribution in [-0.2, 0) is 10.1 Å². The predicted molar refractivity (Wildman–Crippen MR) is 144 cm³/mol. The summed E-state index contributed by atoms with van der Waals surface area (Å²) < 4.78 is 38.5. The SMILES string of the molecule is CCOc1c(Cl)cccc1NC(=O)c1cc2ccccc2c(N=Nc2cc(Cl)cc(S(=O)(=O)O)c2C)c1[O-].[Na+]. The molecule has 0 saturated carbocycles. The molecule has 196 valence electrons. The fraction of sp³-hybridized carbons (Fsp3) is 0.115. The number of fused-ring (bicyclic) bond motifs is 1. The number of carbonyl (C=O) groups is 1. The van der Waals surface area contributed by atoms with Crippen LogP contribution in [0.4, 0.5) is 17.1 Å². The maximum absolute atomic E-state index is 13.5. The van der Waals surface area contributed by atoms with Crippen molar-refractivity contribution in [2.75, 3.05) is 11.9 Å². The Labute approximate surface area is 256 Å². The molecule has 0 bridgehead atoms. The van der Waals surface area contributed by atoms with Gasteiger partial charge in [-0.05, 0) is 55.1 Å². The van der Waals surface area contributed by atoms with Crippen molar-refractivity contribution in [3.05, 3.63) is 81.8 Å².